The van der Waals surface area contributed by atoms with Gasteiger partial charge in [-0.25, -0.2) is 84.0 Å². The van der Waals surface area contributed by atoms with E-state index in [4.69, 9.17) is 9.47 Å². The summed E-state index contributed by atoms with van der Waals surface area (Å²) in [5.41, 5.74) is 0.132. The minimum Gasteiger partial charge on any atom is -0.443 e. The van der Waals surface area contributed by atoms with Gasteiger partial charge in [0.05, 0.1) is 17.1 Å². The Bertz CT molecular complexity index is 3740. The first-order valence-electron chi connectivity index (χ1n) is 31.3. The molecule has 3 saturated heterocycles. The molecule has 0 saturated carbocycles. The van der Waals surface area contributed by atoms with E-state index in [0.717, 1.165) is 32.9 Å². The van der Waals surface area contributed by atoms with Crippen LogP contribution in [0, 0.1) is 20.8 Å². The minimum absolute atomic E-state index is 0.00353. The number of aryl methyl sites for hydroxylation is 3. The van der Waals surface area contributed by atoms with Crippen molar-refractivity contribution in [1.29, 1.82) is 0 Å². The summed E-state index contributed by atoms with van der Waals surface area (Å²) >= 11 is 3.40. The van der Waals surface area contributed by atoms with Crippen molar-refractivity contribution in [2.24, 2.45) is 0 Å². The summed E-state index contributed by atoms with van der Waals surface area (Å²) in [6.07, 6.45) is -18.7. The monoisotopic (exact) mass is 1530 g/mol. The molecular formula is C60H75F17N18O4S3. The molecule has 9 heterocycles. The summed E-state index contributed by atoms with van der Waals surface area (Å²) in [7, 11) is 0. The first-order chi connectivity index (χ1) is 47.2. The van der Waals surface area contributed by atoms with Gasteiger partial charge in [0.1, 0.15) is 65.8 Å². The SMILES string of the molecule is Cc1nc(SCc2cc(N3CCC(F)(F)CC3)cc(N(CC(F)(F)F)C(=O)OC(C)(C)C)n2)n[nH]1.Cc1nc(SCc2cc(N3CCC(F)(F)CC3)cc(N(CC(F)(F)F)C(=O)OC(C)(C)C)n2)nn1CF.Cc1nc(SCc2cc(N3CCC(F)(F)CC3)cc(NCC(F)(F)F)n2)nn1CF. The number of alkyl halides is 17. The number of thioether (sulfide) groups is 3. The van der Waals surface area contributed by atoms with Crippen molar-refractivity contribution in [3.63, 3.8) is 0 Å². The van der Waals surface area contributed by atoms with Crippen LogP contribution in [-0.4, -0.2) is 178 Å². The van der Waals surface area contributed by atoms with Crippen molar-refractivity contribution in [2.75, 3.05) is 88.7 Å². The topological polar surface area (TPSA) is 222 Å². The first kappa shape index (κ1) is 81.8. The molecule has 22 nitrogen and oxygen atoms in total. The van der Waals surface area contributed by atoms with Crippen LogP contribution in [-0.2, 0) is 40.3 Å². The quantitative estimate of drug-likeness (QED) is 0.0535. The summed E-state index contributed by atoms with van der Waals surface area (Å²) in [6, 6.07) is 8.79. The Morgan fingerprint density at radius 3 is 1.15 bits per heavy atom. The molecule has 0 unspecified atom stereocenters. The highest BCUT2D eigenvalue weighted by Crippen LogP contribution is 2.38. The van der Waals surface area contributed by atoms with Crippen molar-refractivity contribution in [1.82, 2.24) is 59.7 Å². The lowest BCUT2D eigenvalue weighted by Gasteiger charge is -2.34. The maximum Gasteiger partial charge on any atom is 0.416 e. The Morgan fingerprint density at radius 2 is 0.843 bits per heavy atom. The minimum atomic E-state index is -4.77. The number of nitrogens with one attached hydrogen (secondary N) is 2. The zero-order valence-electron chi connectivity index (χ0n) is 56.5. The predicted molar refractivity (Wildman–Crippen MR) is 347 cm³/mol. The second kappa shape index (κ2) is 33.5. The van der Waals surface area contributed by atoms with Gasteiger partial charge in [-0.05, 0) is 80.5 Å². The molecule has 2 amide bonds. The fourth-order valence-electron chi connectivity index (χ4n) is 9.70. The number of carbonyl (C=O) groups excluding carboxylic acids is 2. The number of rotatable bonds is 20. The van der Waals surface area contributed by atoms with Crippen molar-refractivity contribution in [3.05, 3.63) is 71.0 Å². The predicted octanol–water partition coefficient (Wildman–Crippen LogP) is 15.5. The fourth-order valence-corrected chi connectivity index (χ4v) is 12.0. The second-order valence-corrected chi connectivity index (χ2v) is 28.4. The Kier molecular flexibility index (Phi) is 26.9. The van der Waals surface area contributed by atoms with Crippen LogP contribution in [0.2, 0.25) is 0 Å². The van der Waals surface area contributed by atoms with Gasteiger partial charge in [0.25, 0.3) is 17.8 Å². The van der Waals surface area contributed by atoms with Crippen LogP contribution >= 0.6 is 35.3 Å². The summed E-state index contributed by atoms with van der Waals surface area (Å²) < 4.78 is 238. The molecule has 0 atom stereocenters. The number of H-pyrrole nitrogens is 1. The molecule has 3 aliphatic rings. The van der Waals surface area contributed by atoms with Crippen molar-refractivity contribution < 1.29 is 93.7 Å². The Labute approximate surface area is 587 Å². The van der Waals surface area contributed by atoms with E-state index in [1.54, 1.807) is 53.7 Å². The van der Waals surface area contributed by atoms with Crippen LogP contribution in [0.4, 0.5) is 119 Å². The summed E-state index contributed by atoms with van der Waals surface area (Å²) in [5.74, 6) is -7.22. The molecule has 0 aliphatic carbocycles. The standard InChI is InChI=1S/C22H28F6N6O2S.C21H27F5N6O2S.C17H20F6N6S/c1-14-29-18(31-34(14)13-23)37-11-15-9-16(32-7-5-21(24,25)6-8-32)10-17(30-15)33(12-22(26,27)28)19(35)36-20(2,3)4;1-13-27-17(30-29-13)35-11-14-9-15(31-7-5-20(22,23)6-8-31)10-16(28-14)32(12-21(24,25)26)18(33)34-19(2,3)4;1-11-25-15(27-29(11)10-18)30-8-12-6-13(28-4-2-16(19,20)3-5-28)7-14(26-12)24-9-17(21,22)23/h9-10H,5-8,11-13H2,1-4H3;9-10H,5-8,11-12H2,1-4H3,(H,27,29,30);6-7H,2-5,8-10H2,1H3,(H,24,26). The highest BCUT2D eigenvalue weighted by molar-refractivity contribution is 7.98. The van der Waals surface area contributed by atoms with Gasteiger partial charge in [-0.2, -0.15) is 39.5 Å². The number of nitrogens with zero attached hydrogens (tertiary/aromatic N) is 16. The molecule has 6 aromatic rings. The summed E-state index contributed by atoms with van der Waals surface area (Å²) in [4.78, 5) is 56.3. The van der Waals surface area contributed by atoms with Gasteiger partial charge >= 0.3 is 30.7 Å². The van der Waals surface area contributed by atoms with Crippen molar-refractivity contribution >= 4 is 82.0 Å². The average molecular weight is 1530 g/mol. The van der Waals surface area contributed by atoms with E-state index in [1.165, 1.54) is 71.5 Å². The Balaban J connectivity index is 0.000000216. The molecule has 42 heteroatoms. The van der Waals surface area contributed by atoms with Crippen LogP contribution in [0.15, 0.2) is 51.9 Å². The maximum atomic E-state index is 13.7. The highest BCUT2D eigenvalue weighted by Gasteiger charge is 2.41. The van der Waals surface area contributed by atoms with Crippen molar-refractivity contribution in [3.8, 4) is 0 Å². The summed E-state index contributed by atoms with van der Waals surface area (Å²) in [6.45, 7) is 7.92. The molecular weight excluding hydrogens is 1460 g/mol. The van der Waals surface area contributed by atoms with Gasteiger partial charge in [0, 0.05) is 130 Å². The van der Waals surface area contributed by atoms with Crippen LogP contribution in [0.5, 0.6) is 0 Å². The van der Waals surface area contributed by atoms with E-state index in [0.29, 0.717) is 66.0 Å². The fraction of sp³-hybridized carbons (Fsp3) is 0.617. The van der Waals surface area contributed by atoms with E-state index in [1.807, 2.05) is 0 Å². The largest absolute Gasteiger partial charge is 0.443 e. The lowest BCUT2D eigenvalue weighted by molar-refractivity contribution is -0.120. The lowest BCUT2D eigenvalue weighted by atomic mass is 10.1. The van der Waals surface area contributed by atoms with Gasteiger partial charge < -0.3 is 29.5 Å². The van der Waals surface area contributed by atoms with Crippen LogP contribution in [0.1, 0.15) is 115 Å². The number of anilines is 6. The van der Waals surface area contributed by atoms with E-state index in [2.05, 4.69) is 55.6 Å². The molecule has 2 N–H and O–H groups in total. The Morgan fingerprint density at radius 1 is 0.500 bits per heavy atom. The number of pyridine rings is 3. The van der Waals surface area contributed by atoms with Gasteiger partial charge in [-0.15, -0.1) is 15.3 Å². The molecule has 9 rings (SSSR count). The molecule has 566 valence electrons. The number of aromatic amines is 1. The first-order valence-corrected chi connectivity index (χ1v) is 34.2. The van der Waals surface area contributed by atoms with Gasteiger partial charge in [0.2, 0.25) is 15.5 Å². The molecule has 0 aromatic carbocycles. The summed E-state index contributed by atoms with van der Waals surface area (Å²) in [5, 5.41) is 17.8. The number of hydrogen-bond donors (Lipinski definition) is 2. The van der Waals surface area contributed by atoms with E-state index >= 15 is 0 Å². The maximum absolute atomic E-state index is 13.7. The van der Waals surface area contributed by atoms with Gasteiger partial charge in [-0.1, -0.05) is 35.3 Å². The van der Waals surface area contributed by atoms with Crippen molar-refractivity contribution in [2.45, 2.75) is 195 Å². The van der Waals surface area contributed by atoms with E-state index in [9.17, 15) is 84.2 Å². The second-order valence-electron chi connectivity index (χ2n) is 25.6. The molecule has 3 aliphatic heterocycles. The average Bonchev–Trinajstić information content (AvgIpc) is 1.05. The lowest BCUT2D eigenvalue weighted by Crippen LogP contribution is -2.43. The van der Waals surface area contributed by atoms with Gasteiger partial charge in [-0.3, -0.25) is 14.9 Å². The molecule has 6 aromatic heterocycles. The van der Waals surface area contributed by atoms with E-state index < -0.39 is 106 Å². The number of halogens is 17. The third-order valence-corrected chi connectivity index (χ3v) is 17.2. The number of hydrogen-bond acceptors (Lipinski definition) is 20. The van der Waals surface area contributed by atoms with Gasteiger partial charge in [0.15, 0.2) is 13.6 Å². The molecule has 102 heavy (non-hydrogen) atoms. The number of carbonyl (C=O) groups is 2. The van der Waals surface area contributed by atoms with E-state index in [-0.39, 0.29) is 111 Å². The highest BCUT2D eigenvalue weighted by atomic mass is 32.2. The molecule has 0 spiro atoms. The third kappa shape index (κ3) is 26.6. The smallest absolute Gasteiger partial charge is 0.416 e. The van der Waals surface area contributed by atoms with Crippen LogP contribution < -0.4 is 29.8 Å². The third-order valence-electron chi connectivity index (χ3n) is 14.6. The zero-order chi connectivity index (χ0) is 75.6. The molecule has 3 fully saturated rings. The molecule has 0 bridgehead atoms. The number of amides is 2. The Hall–Kier alpha value is -7.53. The number of piperidine rings is 3. The van der Waals surface area contributed by atoms with Crippen LogP contribution in [0.3, 0.4) is 0 Å². The normalized spacial score (nSPS) is 16.4. The zero-order valence-corrected chi connectivity index (χ0v) is 59.0. The number of ether oxygens (including phenoxy) is 2. The molecule has 0 radical (unpaired) electrons. The van der Waals surface area contributed by atoms with Crippen LogP contribution in [0.25, 0.3) is 0 Å². The number of aromatic nitrogens is 12.